The van der Waals surface area contributed by atoms with E-state index in [0.717, 1.165) is 16.7 Å². The second kappa shape index (κ2) is 6.47. The maximum atomic E-state index is 10.4. The van der Waals surface area contributed by atoms with E-state index in [0.29, 0.717) is 29.2 Å². The molecule has 6 nitrogen and oxygen atoms in total. The molecule has 25 heavy (non-hydrogen) atoms. The molecule has 1 aliphatic carbocycles. The Hall–Kier alpha value is -3.02. The molecule has 0 bridgehead atoms. The number of phenolic OH excluding ortho intramolecular Hbond substituents is 2. The van der Waals surface area contributed by atoms with Crippen LogP contribution in [0, 0.1) is 0 Å². The first-order chi connectivity index (χ1) is 12.1. The van der Waals surface area contributed by atoms with Crippen LogP contribution in [-0.2, 0) is 6.42 Å². The predicted molar refractivity (Wildman–Crippen MR) is 93.2 cm³/mol. The van der Waals surface area contributed by atoms with Gasteiger partial charge in [0.2, 0.25) is 11.5 Å². The number of methoxy groups -OCH3 is 4. The molecule has 0 amide bonds. The Morgan fingerprint density at radius 3 is 2.04 bits per heavy atom. The molecule has 0 aromatic heterocycles. The van der Waals surface area contributed by atoms with Gasteiger partial charge in [-0.15, -0.1) is 0 Å². The summed E-state index contributed by atoms with van der Waals surface area (Å²) in [6.45, 7) is 0. The summed E-state index contributed by atoms with van der Waals surface area (Å²) in [7, 11) is 6.12. The normalized spacial score (nSPS) is 12.4. The molecule has 2 aromatic rings. The lowest BCUT2D eigenvalue weighted by Gasteiger charge is -2.18. The van der Waals surface area contributed by atoms with Gasteiger partial charge in [-0.25, -0.2) is 0 Å². The highest BCUT2D eigenvalue weighted by Gasteiger charge is 2.28. The third-order valence-corrected chi connectivity index (χ3v) is 4.36. The van der Waals surface area contributed by atoms with Crippen LogP contribution in [0.1, 0.15) is 16.7 Å². The van der Waals surface area contributed by atoms with Gasteiger partial charge in [0.05, 0.1) is 28.4 Å². The molecule has 0 heterocycles. The van der Waals surface area contributed by atoms with E-state index >= 15 is 0 Å². The summed E-state index contributed by atoms with van der Waals surface area (Å²) >= 11 is 0. The Kier molecular flexibility index (Phi) is 4.35. The van der Waals surface area contributed by atoms with Crippen LogP contribution in [-0.4, -0.2) is 38.7 Å². The molecule has 132 valence electrons. The van der Waals surface area contributed by atoms with Crippen molar-refractivity contribution in [1.29, 1.82) is 0 Å². The highest BCUT2D eigenvalue weighted by atomic mass is 16.5. The third-order valence-electron chi connectivity index (χ3n) is 4.36. The van der Waals surface area contributed by atoms with Gasteiger partial charge < -0.3 is 29.2 Å². The smallest absolute Gasteiger partial charge is 0.203 e. The molecular formula is C19H20O6. The fourth-order valence-electron chi connectivity index (χ4n) is 3.17. The van der Waals surface area contributed by atoms with Crippen molar-refractivity contribution in [2.45, 2.75) is 6.42 Å². The zero-order chi connectivity index (χ0) is 18.1. The number of allylic oxidation sites excluding steroid dienone is 1. The highest BCUT2D eigenvalue weighted by molar-refractivity contribution is 5.90. The molecule has 0 atom stereocenters. The van der Waals surface area contributed by atoms with Crippen LogP contribution in [0.2, 0.25) is 0 Å². The molecule has 0 fully saturated rings. The minimum atomic E-state index is -0.290. The number of phenols is 2. The lowest BCUT2D eigenvalue weighted by atomic mass is 9.96. The van der Waals surface area contributed by atoms with E-state index in [1.54, 1.807) is 33.5 Å². The summed E-state index contributed by atoms with van der Waals surface area (Å²) < 4.78 is 21.4. The fourth-order valence-corrected chi connectivity index (χ4v) is 3.17. The molecule has 0 radical (unpaired) electrons. The quantitative estimate of drug-likeness (QED) is 0.812. The zero-order valence-electron chi connectivity index (χ0n) is 14.5. The Bertz CT molecular complexity index is 854. The first kappa shape index (κ1) is 16.8. The van der Waals surface area contributed by atoms with Crippen LogP contribution in [0.4, 0.5) is 0 Å². The number of benzene rings is 2. The van der Waals surface area contributed by atoms with Crippen molar-refractivity contribution < 1.29 is 29.2 Å². The molecule has 3 rings (SSSR count). The molecule has 6 heteroatoms. The van der Waals surface area contributed by atoms with Crippen molar-refractivity contribution in [2.75, 3.05) is 28.4 Å². The molecular weight excluding hydrogens is 324 g/mol. The van der Waals surface area contributed by atoms with E-state index in [1.807, 2.05) is 12.1 Å². The number of fused-ring (bicyclic) bond motifs is 1. The minimum Gasteiger partial charge on any atom is -0.504 e. The minimum absolute atomic E-state index is 0.213. The third kappa shape index (κ3) is 2.50. The van der Waals surface area contributed by atoms with Crippen LogP contribution in [0.5, 0.6) is 34.5 Å². The van der Waals surface area contributed by atoms with Gasteiger partial charge in [-0.05, 0) is 35.8 Å². The van der Waals surface area contributed by atoms with E-state index in [2.05, 4.69) is 0 Å². The summed E-state index contributed by atoms with van der Waals surface area (Å²) in [5.74, 6) is 1.35. The van der Waals surface area contributed by atoms with Crippen LogP contribution >= 0.6 is 0 Å². The van der Waals surface area contributed by atoms with E-state index in [9.17, 15) is 10.2 Å². The van der Waals surface area contributed by atoms with E-state index < -0.39 is 0 Å². The van der Waals surface area contributed by atoms with Crippen molar-refractivity contribution in [3.8, 4) is 34.5 Å². The standard InChI is InChI=1S/C19H20O6/c1-22-14-8-7-11(16(20)17(14)21)10-5-6-12-13(10)9-15(23-2)19(25-4)18(12)24-3/h5,7-9,20-21H,6H2,1-4H3. The molecule has 0 aliphatic heterocycles. The van der Waals surface area contributed by atoms with Crippen LogP contribution in [0.25, 0.3) is 5.57 Å². The maximum absolute atomic E-state index is 10.4. The van der Waals surface area contributed by atoms with Crippen molar-refractivity contribution in [3.63, 3.8) is 0 Å². The number of ether oxygens (including phenoxy) is 4. The van der Waals surface area contributed by atoms with Gasteiger partial charge in [-0.3, -0.25) is 0 Å². The van der Waals surface area contributed by atoms with Gasteiger partial charge in [-0.2, -0.15) is 0 Å². The summed E-state index contributed by atoms with van der Waals surface area (Å²) in [6.07, 6.45) is 2.58. The van der Waals surface area contributed by atoms with Gasteiger partial charge in [0.15, 0.2) is 23.0 Å². The van der Waals surface area contributed by atoms with Crippen molar-refractivity contribution in [2.24, 2.45) is 0 Å². The molecule has 0 saturated heterocycles. The second-order valence-corrected chi connectivity index (χ2v) is 5.51. The zero-order valence-corrected chi connectivity index (χ0v) is 14.5. The van der Waals surface area contributed by atoms with Gasteiger partial charge in [0.1, 0.15) is 0 Å². The Balaban J connectivity index is 2.19. The summed E-state index contributed by atoms with van der Waals surface area (Å²) in [6, 6.07) is 5.16. The second-order valence-electron chi connectivity index (χ2n) is 5.51. The lowest BCUT2D eigenvalue weighted by molar-refractivity contribution is 0.322. The molecule has 2 N–H and O–H groups in total. The van der Waals surface area contributed by atoms with Crippen molar-refractivity contribution in [3.05, 3.63) is 41.0 Å². The Labute approximate surface area is 145 Å². The SMILES string of the molecule is COc1ccc(C2=CCc3c2cc(OC)c(OC)c3OC)c(O)c1O. The Morgan fingerprint density at radius 2 is 1.44 bits per heavy atom. The van der Waals surface area contributed by atoms with Crippen LogP contribution < -0.4 is 18.9 Å². The lowest BCUT2D eigenvalue weighted by Crippen LogP contribution is -2.00. The number of hydrogen-bond acceptors (Lipinski definition) is 6. The van der Waals surface area contributed by atoms with Gasteiger partial charge in [0.25, 0.3) is 0 Å². The average Bonchev–Trinajstić information content (AvgIpc) is 3.05. The highest BCUT2D eigenvalue weighted by Crippen LogP contribution is 2.50. The molecule has 2 aromatic carbocycles. The summed E-state index contributed by atoms with van der Waals surface area (Å²) in [4.78, 5) is 0. The number of aromatic hydroxyl groups is 2. The predicted octanol–water partition coefficient (Wildman–Crippen LogP) is 3.12. The van der Waals surface area contributed by atoms with Crippen LogP contribution in [0.15, 0.2) is 24.3 Å². The van der Waals surface area contributed by atoms with E-state index in [-0.39, 0.29) is 17.2 Å². The molecule has 0 spiro atoms. The van der Waals surface area contributed by atoms with E-state index in [1.165, 1.54) is 7.11 Å². The first-order valence-corrected chi connectivity index (χ1v) is 7.69. The summed E-state index contributed by atoms with van der Waals surface area (Å²) in [5, 5.41) is 20.5. The maximum Gasteiger partial charge on any atom is 0.203 e. The van der Waals surface area contributed by atoms with Gasteiger partial charge in [0, 0.05) is 11.1 Å². The Morgan fingerprint density at radius 1 is 0.760 bits per heavy atom. The van der Waals surface area contributed by atoms with Gasteiger partial charge >= 0.3 is 0 Å². The van der Waals surface area contributed by atoms with E-state index in [4.69, 9.17) is 18.9 Å². The molecule has 1 aliphatic rings. The van der Waals surface area contributed by atoms with Gasteiger partial charge in [-0.1, -0.05) is 6.08 Å². The van der Waals surface area contributed by atoms with Crippen molar-refractivity contribution >= 4 is 5.57 Å². The first-order valence-electron chi connectivity index (χ1n) is 7.69. The number of rotatable bonds is 5. The topological polar surface area (TPSA) is 77.4 Å². The average molecular weight is 344 g/mol. The molecule has 0 saturated carbocycles. The molecule has 0 unspecified atom stereocenters. The van der Waals surface area contributed by atoms with Crippen LogP contribution in [0.3, 0.4) is 0 Å². The monoisotopic (exact) mass is 344 g/mol. The fraction of sp³-hybridized carbons (Fsp3) is 0.263. The largest absolute Gasteiger partial charge is 0.504 e. The summed E-state index contributed by atoms with van der Waals surface area (Å²) in [5.41, 5.74) is 3.08. The number of hydrogen-bond donors (Lipinski definition) is 2. The van der Waals surface area contributed by atoms with Crippen molar-refractivity contribution in [1.82, 2.24) is 0 Å².